The quantitative estimate of drug-likeness (QED) is 0.841. The third kappa shape index (κ3) is 3.13. The van der Waals surface area contributed by atoms with Crippen molar-refractivity contribution in [3.63, 3.8) is 0 Å². The van der Waals surface area contributed by atoms with Crippen molar-refractivity contribution < 1.29 is 13.9 Å². The third-order valence-electron chi connectivity index (χ3n) is 3.69. The summed E-state index contributed by atoms with van der Waals surface area (Å²) in [6.07, 6.45) is 0.883. The van der Waals surface area contributed by atoms with Gasteiger partial charge in [0.25, 0.3) is 5.91 Å². The lowest BCUT2D eigenvalue weighted by Gasteiger charge is -2.27. The Morgan fingerprint density at radius 2 is 2.11 bits per heavy atom. The molecule has 4 heteroatoms. The van der Waals surface area contributed by atoms with E-state index in [9.17, 15) is 9.18 Å². The lowest BCUT2D eigenvalue weighted by molar-refractivity contribution is 0.0302. The number of ether oxygens (including phenoxy) is 1. The van der Waals surface area contributed by atoms with Gasteiger partial charge in [0.05, 0.1) is 13.2 Å². The number of carbonyl (C=O) groups is 1. The minimum absolute atomic E-state index is 0.113. The minimum atomic E-state index is -0.284. The maximum Gasteiger partial charge on any atom is 0.254 e. The first-order chi connectivity index (χ1) is 9.13. The fourth-order valence-electron chi connectivity index (χ4n) is 2.23. The van der Waals surface area contributed by atoms with Crippen molar-refractivity contribution in [1.82, 2.24) is 4.90 Å². The SMILES string of the molecule is CCC(C)c1ccc(C(=O)N2CCOCC2)cc1F. The molecule has 1 amide bonds. The van der Waals surface area contributed by atoms with Crippen LogP contribution >= 0.6 is 0 Å². The van der Waals surface area contributed by atoms with Crippen LogP contribution in [-0.4, -0.2) is 37.1 Å². The van der Waals surface area contributed by atoms with Gasteiger partial charge in [0.2, 0.25) is 0 Å². The Hall–Kier alpha value is -1.42. The van der Waals surface area contributed by atoms with E-state index in [1.54, 1.807) is 17.0 Å². The van der Waals surface area contributed by atoms with Crippen molar-refractivity contribution in [2.75, 3.05) is 26.3 Å². The average molecular weight is 265 g/mol. The van der Waals surface area contributed by atoms with Crippen molar-refractivity contribution in [2.24, 2.45) is 0 Å². The molecule has 1 fully saturated rings. The summed E-state index contributed by atoms with van der Waals surface area (Å²) in [5.41, 5.74) is 1.10. The monoisotopic (exact) mass is 265 g/mol. The van der Waals surface area contributed by atoms with Gasteiger partial charge in [-0.25, -0.2) is 4.39 Å². The van der Waals surface area contributed by atoms with E-state index in [0.717, 1.165) is 6.42 Å². The van der Waals surface area contributed by atoms with E-state index < -0.39 is 0 Å². The van der Waals surface area contributed by atoms with Crippen LogP contribution in [0.2, 0.25) is 0 Å². The smallest absolute Gasteiger partial charge is 0.254 e. The van der Waals surface area contributed by atoms with Crippen molar-refractivity contribution >= 4 is 5.91 Å². The van der Waals surface area contributed by atoms with Crippen LogP contribution in [0.5, 0.6) is 0 Å². The van der Waals surface area contributed by atoms with Crippen LogP contribution < -0.4 is 0 Å². The Balaban J connectivity index is 2.16. The number of morpholine rings is 1. The van der Waals surface area contributed by atoms with Crippen molar-refractivity contribution in [3.8, 4) is 0 Å². The molecule has 1 aliphatic heterocycles. The number of hydrogen-bond donors (Lipinski definition) is 0. The summed E-state index contributed by atoms with van der Waals surface area (Å²) in [6, 6.07) is 4.82. The van der Waals surface area contributed by atoms with Gasteiger partial charge in [0.15, 0.2) is 0 Å². The summed E-state index contributed by atoms with van der Waals surface area (Å²) in [4.78, 5) is 13.9. The molecule has 3 nitrogen and oxygen atoms in total. The van der Waals surface area contributed by atoms with Crippen LogP contribution in [0.25, 0.3) is 0 Å². The second-order valence-corrected chi connectivity index (χ2v) is 4.95. The predicted octanol–water partition coefficient (Wildman–Crippen LogP) is 2.81. The normalized spacial score (nSPS) is 17.3. The van der Waals surface area contributed by atoms with Crippen LogP contribution in [0, 0.1) is 5.82 Å². The molecular weight excluding hydrogens is 245 g/mol. The first-order valence-corrected chi connectivity index (χ1v) is 6.80. The molecular formula is C15H20FNO2. The molecule has 1 aromatic rings. The molecule has 0 N–H and O–H groups in total. The molecule has 1 aromatic carbocycles. The zero-order valence-electron chi connectivity index (χ0n) is 11.5. The molecule has 19 heavy (non-hydrogen) atoms. The van der Waals surface area contributed by atoms with Crippen molar-refractivity contribution in [1.29, 1.82) is 0 Å². The third-order valence-corrected chi connectivity index (χ3v) is 3.69. The summed E-state index contributed by atoms with van der Waals surface area (Å²) in [5.74, 6) is -0.223. The summed E-state index contributed by atoms with van der Waals surface area (Å²) >= 11 is 0. The largest absolute Gasteiger partial charge is 0.378 e. The molecule has 0 aliphatic carbocycles. The number of nitrogens with zero attached hydrogens (tertiary/aromatic N) is 1. The van der Waals surface area contributed by atoms with Crippen LogP contribution in [0.1, 0.15) is 42.1 Å². The molecule has 0 aromatic heterocycles. The number of carbonyl (C=O) groups excluding carboxylic acids is 1. The van der Waals surface area contributed by atoms with E-state index in [1.165, 1.54) is 6.07 Å². The molecule has 1 saturated heterocycles. The lowest BCUT2D eigenvalue weighted by atomic mass is 9.96. The highest BCUT2D eigenvalue weighted by Crippen LogP contribution is 2.23. The van der Waals surface area contributed by atoms with Gasteiger partial charge in [-0.3, -0.25) is 4.79 Å². The Morgan fingerprint density at radius 1 is 1.42 bits per heavy atom. The second kappa shape index (κ2) is 6.15. The maximum absolute atomic E-state index is 14.0. The van der Waals surface area contributed by atoms with Crippen LogP contribution in [-0.2, 0) is 4.74 Å². The van der Waals surface area contributed by atoms with Gasteiger partial charge in [0, 0.05) is 18.7 Å². The highest BCUT2D eigenvalue weighted by Gasteiger charge is 2.20. The minimum Gasteiger partial charge on any atom is -0.378 e. The Bertz CT molecular complexity index is 455. The standard InChI is InChI=1S/C15H20FNO2/c1-3-11(2)13-5-4-12(10-14(13)16)15(18)17-6-8-19-9-7-17/h4-5,10-11H,3,6-9H2,1-2H3. The first-order valence-electron chi connectivity index (χ1n) is 6.80. The summed E-state index contributed by atoms with van der Waals surface area (Å²) < 4.78 is 19.2. The van der Waals surface area contributed by atoms with Crippen LogP contribution in [0.3, 0.4) is 0 Å². The van der Waals surface area contributed by atoms with Gasteiger partial charge in [-0.1, -0.05) is 19.9 Å². The van der Waals surface area contributed by atoms with Crippen LogP contribution in [0.15, 0.2) is 18.2 Å². The fraction of sp³-hybridized carbons (Fsp3) is 0.533. The maximum atomic E-state index is 14.0. The average Bonchev–Trinajstić information content (AvgIpc) is 2.46. The summed E-state index contributed by atoms with van der Waals surface area (Å²) in [6.45, 7) is 6.28. The number of rotatable bonds is 3. The molecule has 1 aliphatic rings. The van der Waals surface area contributed by atoms with Crippen LogP contribution in [0.4, 0.5) is 4.39 Å². The zero-order valence-corrected chi connectivity index (χ0v) is 11.5. The van der Waals surface area contributed by atoms with E-state index in [2.05, 4.69) is 0 Å². The van der Waals surface area contributed by atoms with E-state index in [0.29, 0.717) is 37.4 Å². The zero-order chi connectivity index (χ0) is 13.8. The molecule has 1 unspecified atom stereocenters. The van der Waals surface area contributed by atoms with E-state index in [4.69, 9.17) is 4.74 Å². The van der Waals surface area contributed by atoms with E-state index in [-0.39, 0.29) is 17.6 Å². The molecule has 0 saturated carbocycles. The molecule has 0 spiro atoms. The van der Waals surface area contributed by atoms with Gasteiger partial charge in [-0.05, 0) is 30.0 Å². The van der Waals surface area contributed by atoms with Gasteiger partial charge >= 0.3 is 0 Å². The number of benzene rings is 1. The highest BCUT2D eigenvalue weighted by molar-refractivity contribution is 5.94. The molecule has 2 rings (SSSR count). The number of amides is 1. The van der Waals surface area contributed by atoms with E-state index in [1.807, 2.05) is 13.8 Å². The molecule has 0 radical (unpaired) electrons. The van der Waals surface area contributed by atoms with Crippen molar-refractivity contribution in [3.05, 3.63) is 35.1 Å². The second-order valence-electron chi connectivity index (χ2n) is 4.95. The van der Waals surface area contributed by atoms with Gasteiger partial charge < -0.3 is 9.64 Å². The number of hydrogen-bond acceptors (Lipinski definition) is 2. The molecule has 104 valence electrons. The Labute approximate surface area is 113 Å². The van der Waals surface area contributed by atoms with Gasteiger partial charge in [-0.15, -0.1) is 0 Å². The molecule has 0 bridgehead atoms. The first kappa shape index (κ1) is 14.0. The summed E-state index contributed by atoms with van der Waals surface area (Å²) in [5, 5.41) is 0. The topological polar surface area (TPSA) is 29.5 Å². The lowest BCUT2D eigenvalue weighted by Crippen LogP contribution is -2.40. The summed E-state index contributed by atoms with van der Waals surface area (Å²) in [7, 11) is 0. The predicted molar refractivity (Wildman–Crippen MR) is 71.8 cm³/mol. The Morgan fingerprint density at radius 3 is 2.68 bits per heavy atom. The number of halogens is 1. The Kier molecular flexibility index (Phi) is 4.53. The van der Waals surface area contributed by atoms with Gasteiger partial charge in [0.1, 0.15) is 5.82 Å². The van der Waals surface area contributed by atoms with E-state index >= 15 is 0 Å². The van der Waals surface area contributed by atoms with Crippen molar-refractivity contribution in [2.45, 2.75) is 26.2 Å². The molecule has 1 atom stereocenters. The highest BCUT2D eigenvalue weighted by atomic mass is 19.1. The molecule has 1 heterocycles. The fourth-order valence-corrected chi connectivity index (χ4v) is 2.23. The van der Waals surface area contributed by atoms with Gasteiger partial charge in [-0.2, -0.15) is 0 Å².